The summed E-state index contributed by atoms with van der Waals surface area (Å²) in [5, 5.41) is 0. The predicted molar refractivity (Wildman–Crippen MR) is 87.0 cm³/mol. The minimum Gasteiger partial charge on any atom is -0.103 e. The summed E-state index contributed by atoms with van der Waals surface area (Å²) in [5.74, 6) is 3.34. The van der Waals surface area contributed by atoms with Gasteiger partial charge in [0.25, 0.3) is 0 Å². The first-order valence-electron chi connectivity index (χ1n) is 8.13. The Morgan fingerprint density at radius 1 is 0.833 bits per heavy atom. The van der Waals surface area contributed by atoms with Crippen LogP contribution in [0.15, 0.2) is 12.7 Å². The van der Waals surface area contributed by atoms with Crippen molar-refractivity contribution in [2.24, 2.45) is 23.7 Å². The highest BCUT2D eigenvalue weighted by atomic mass is 14.2. The second-order valence-electron chi connectivity index (χ2n) is 5.84. The van der Waals surface area contributed by atoms with Gasteiger partial charge in [-0.25, -0.2) is 0 Å². The summed E-state index contributed by atoms with van der Waals surface area (Å²) in [6, 6.07) is 0. The van der Waals surface area contributed by atoms with E-state index in [2.05, 4.69) is 47.3 Å². The fourth-order valence-electron chi connectivity index (χ4n) is 1.96. The van der Waals surface area contributed by atoms with Gasteiger partial charge in [-0.2, -0.15) is 0 Å². The van der Waals surface area contributed by atoms with E-state index in [0.29, 0.717) is 5.92 Å². The second kappa shape index (κ2) is 13.2. The molecule has 0 heteroatoms. The Morgan fingerprint density at radius 3 is 1.67 bits per heavy atom. The number of hydrogen-bond acceptors (Lipinski definition) is 0. The molecule has 110 valence electrons. The van der Waals surface area contributed by atoms with Crippen molar-refractivity contribution < 1.29 is 0 Å². The number of rotatable bonds is 9. The first-order valence-corrected chi connectivity index (χ1v) is 8.13. The third kappa shape index (κ3) is 10.9. The molecule has 0 saturated heterocycles. The van der Waals surface area contributed by atoms with Gasteiger partial charge < -0.3 is 0 Å². The van der Waals surface area contributed by atoms with Gasteiger partial charge >= 0.3 is 0 Å². The van der Waals surface area contributed by atoms with Crippen molar-refractivity contribution >= 4 is 0 Å². The molecule has 0 spiro atoms. The normalized spacial score (nSPS) is 17.1. The summed E-state index contributed by atoms with van der Waals surface area (Å²) in [5.41, 5.74) is 0. The van der Waals surface area contributed by atoms with Gasteiger partial charge in [0, 0.05) is 0 Å². The fraction of sp³-hybridized carbons (Fsp3) is 0.889. The standard InChI is InChI=1S/C16H32.C2H6/c1-7-13(3)9-11-15(5)16(6)12-10-14(4)8-2;1-2/h7,13-16H,1,8-12H2,2-6H3;1-2H3. The Hall–Kier alpha value is -0.260. The largest absolute Gasteiger partial charge is 0.103 e. The van der Waals surface area contributed by atoms with E-state index < -0.39 is 0 Å². The fourth-order valence-corrected chi connectivity index (χ4v) is 1.96. The highest BCUT2D eigenvalue weighted by molar-refractivity contribution is 4.76. The van der Waals surface area contributed by atoms with Crippen molar-refractivity contribution in [1.29, 1.82) is 0 Å². The average Bonchev–Trinajstić information content (AvgIpc) is 2.43. The van der Waals surface area contributed by atoms with E-state index >= 15 is 0 Å². The van der Waals surface area contributed by atoms with Gasteiger partial charge in [0.15, 0.2) is 0 Å². The average molecular weight is 255 g/mol. The lowest BCUT2D eigenvalue weighted by atomic mass is 9.84. The molecule has 18 heavy (non-hydrogen) atoms. The van der Waals surface area contributed by atoms with Gasteiger partial charge in [0.05, 0.1) is 0 Å². The maximum Gasteiger partial charge on any atom is -0.0265 e. The van der Waals surface area contributed by atoms with Gasteiger partial charge in [-0.3, -0.25) is 0 Å². The van der Waals surface area contributed by atoms with Gasteiger partial charge in [-0.05, 0) is 36.5 Å². The van der Waals surface area contributed by atoms with Crippen molar-refractivity contribution in [2.45, 2.75) is 80.6 Å². The van der Waals surface area contributed by atoms with Crippen LogP contribution in [-0.4, -0.2) is 0 Å². The van der Waals surface area contributed by atoms with Crippen LogP contribution in [0.4, 0.5) is 0 Å². The molecule has 0 aliphatic rings. The topological polar surface area (TPSA) is 0 Å². The molecule has 0 aliphatic carbocycles. The van der Waals surface area contributed by atoms with E-state index in [1.165, 1.54) is 32.1 Å². The first kappa shape index (κ1) is 20.1. The summed E-state index contributed by atoms with van der Waals surface area (Å²) in [6.07, 6.45) is 8.87. The molecule has 0 aromatic rings. The molecule has 4 unspecified atom stereocenters. The number of hydrogen-bond donors (Lipinski definition) is 0. The van der Waals surface area contributed by atoms with E-state index in [4.69, 9.17) is 0 Å². The van der Waals surface area contributed by atoms with Crippen molar-refractivity contribution in [3.8, 4) is 0 Å². The van der Waals surface area contributed by atoms with Crippen LogP contribution in [0, 0.1) is 23.7 Å². The predicted octanol–water partition coefficient (Wildman–Crippen LogP) is 6.71. The molecule has 0 radical (unpaired) electrons. The number of allylic oxidation sites excluding steroid dienone is 1. The van der Waals surface area contributed by atoms with E-state index in [1.54, 1.807) is 0 Å². The van der Waals surface area contributed by atoms with Crippen LogP contribution < -0.4 is 0 Å². The molecule has 0 saturated carbocycles. The molecule has 0 bridgehead atoms. The SMILES string of the molecule is C=CC(C)CCC(C)C(C)CCC(C)CC.CC. The van der Waals surface area contributed by atoms with Gasteiger partial charge in [0.2, 0.25) is 0 Å². The van der Waals surface area contributed by atoms with Crippen molar-refractivity contribution in [2.75, 3.05) is 0 Å². The van der Waals surface area contributed by atoms with Gasteiger partial charge in [-0.1, -0.05) is 73.8 Å². The summed E-state index contributed by atoms with van der Waals surface area (Å²) in [7, 11) is 0. The highest BCUT2D eigenvalue weighted by Gasteiger charge is 2.13. The third-order valence-electron chi connectivity index (χ3n) is 4.26. The molecule has 0 aromatic heterocycles. The molecule has 0 rings (SSSR count). The maximum atomic E-state index is 3.85. The molecular formula is C18H38. The summed E-state index contributed by atoms with van der Waals surface area (Å²) in [4.78, 5) is 0. The minimum absolute atomic E-state index is 0.684. The Labute approximate surface area is 117 Å². The van der Waals surface area contributed by atoms with Crippen LogP contribution in [0.2, 0.25) is 0 Å². The lowest BCUT2D eigenvalue weighted by molar-refractivity contribution is 0.302. The summed E-state index contributed by atoms with van der Waals surface area (Å²) < 4.78 is 0. The Bertz CT molecular complexity index is 171. The molecule has 0 aliphatic heterocycles. The third-order valence-corrected chi connectivity index (χ3v) is 4.26. The van der Waals surface area contributed by atoms with Crippen LogP contribution in [0.1, 0.15) is 80.6 Å². The maximum absolute atomic E-state index is 3.85. The van der Waals surface area contributed by atoms with Crippen LogP contribution in [0.5, 0.6) is 0 Å². The van der Waals surface area contributed by atoms with E-state index in [0.717, 1.165) is 17.8 Å². The molecule has 0 N–H and O–H groups in total. The zero-order chi connectivity index (χ0) is 14.6. The molecule has 0 nitrogen and oxygen atoms in total. The zero-order valence-corrected chi connectivity index (χ0v) is 14.1. The van der Waals surface area contributed by atoms with Gasteiger partial charge in [-0.15, -0.1) is 6.58 Å². The smallest absolute Gasteiger partial charge is 0.0265 e. The van der Waals surface area contributed by atoms with E-state index in [9.17, 15) is 0 Å². The summed E-state index contributed by atoms with van der Waals surface area (Å²) >= 11 is 0. The second-order valence-corrected chi connectivity index (χ2v) is 5.84. The molecule has 0 fully saturated rings. The van der Waals surface area contributed by atoms with Crippen LogP contribution in [-0.2, 0) is 0 Å². The van der Waals surface area contributed by atoms with Crippen molar-refractivity contribution in [3.63, 3.8) is 0 Å². The Balaban J connectivity index is 0. The first-order chi connectivity index (χ1) is 8.51. The summed E-state index contributed by atoms with van der Waals surface area (Å²) in [6.45, 7) is 19.6. The zero-order valence-electron chi connectivity index (χ0n) is 14.1. The highest BCUT2D eigenvalue weighted by Crippen LogP contribution is 2.25. The van der Waals surface area contributed by atoms with E-state index in [1.807, 2.05) is 13.8 Å². The van der Waals surface area contributed by atoms with Gasteiger partial charge in [0.1, 0.15) is 0 Å². The van der Waals surface area contributed by atoms with Crippen LogP contribution >= 0.6 is 0 Å². The molecular weight excluding hydrogens is 216 g/mol. The Morgan fingerprint density at radius 2 is 1.28 bits per heavy atom. The minimum atomic E-state index is 0.684. The lowest BCUT2D eigenvalue weighted by Crippen LogP contribution is -2.10. The van der Waals surface area contributed by atoms with Crippen molar-refractivity contribution in [3.05, 3.63) is 12.7 Å². The molecule has 4 atom stereocenters. The Kier molecular flexibility index (Phi) is 14.7. The molecule has 0 heterocycles. The van der Waals surface area contributed by atoms with Crippen LogP contribution in [0.3, 0.4) is 0 Å². The monoisotopic (exact) mass is 254 g/mol. The quantitative estimate of drug-likeness (QED) is 0.401. The van der Waals surface area contributed by atoms with Crippen molar-refractivity contribution in [1.82, 2.24) is 0 Å². The lowest BCUT2D eigenvalue weighted by Gasteiger charge is -2.22. The molecule has 0 amide bonds. The van der Waals surface area contributed by atoms with Crippen LogP contribution in [0.25, 0.3) is 0 Å². The molecule has 0 aromatic carbocycles. The van der Waals surface area contributed by atoms with E-state index in [-0.39, 0.29) is 0 Å².